The van der Waals surface area contributed by atoms with Gasteiger partial charge in [-0.25, -0.2) is 0 Å². The number of rotatable bonds is 6. The molecule has 0 spiro atoms. The molecule has 1 aromatic carbocycles. The van der Waals surface area contributed by atoms with Gasteiger partial charge in [0.2, 0.25) is 5.91 Å². The largest absolute Gasteiger partial charge is 0.469 e. The summed E-state index contributed by atoms with van der Waals surface area (Å²) in [4.78, 5) is 39.9. The number of amides is 3. The smallest absolute Gasteiger partial charge is 0.273 e. The number of furan rings is 1. The van der Waals surface area contributed by atoms with Gasteiger partial charge in [0.1, 0.15) is 5.76 Å². The number of nitrogens with one attached hydrogen (secondary N) is 2. The van der Waals surface area contributed by atoms with E-state index in [0.717, 1.165) is 12.8 Å². The minimum atomic E-state index is -0.455. The summed E-state index contributed by atoms with van der Waals surface area (Å²) in [5.41, 5.74) is 5.58. The molecule has 160 valence electrons. The van der Waals surface area contributed by atoms with Crippen molar-refractivity contribution in [2.24, 2.45) is 0 Å². The number of carbonyl (C=O) groups is 3. The predicted molar refractivity (Wildman–Crippen MR) is 115 cm³/mol. The summed E-state index contributed by atoms with van der Waals surface area (Å²) in [5.74, 6) is -0.105. The molecule has 1 saturated carbocycles. The number of thioether (sulfide) groups is 1. The third-order valence-corrected chi connectivity index (χ3v) is 6.45. The zero-order valence-corrected chi connectivity index (χ0v) is 18.1. The Morgan fingerprint density at radius 2 is 1.70 bits per heavy atom. The van der Waals surface area contributed by atoms with Crippen molar-refractivity contribution in [1.29, 1.82) is 0 Å². The van der Waals surface area contributed by atoms with Gasteiger partial charge >= 0.3 is 0 Å². The molecule has 2 aromatic rings. The molecule has 8 heteroatoms. The second-order valence-electron chi connectivity index (χ2n) is 7.38. The molecule has 1 aromatic heterocycles. The van der Waals surface area contributed by atoms with Gasteiger partial charge in [-0.3, -0.25) is 25.2 Å². The molecule has 30 heavy (non-hydrogen) atoms. The van der Waals surface area contributed by atoms with Crippen LogP contribution in [0, 0.1) is 6.92 Å². The van der Waals surface area contributed by atoms with Gasteiger partial charge in [0.25, 0.3) is 11.8 Å². The van der Waals surface area contributed by atoms with E-state index in [0.29, 0.717) is 27.8 Å². The molecule has 7 nitrogen and oxygen atoms in total. The second-order valence-corrected chi connectivity index (χ2v) is 8.40. The fraction of sp³-hybridized carbons (Fsp3) is 0.409. The molecule has 1 aliphatic carbocycles. The molecule has 3 amide bonds. The summed E-state index contributed by atoms with van der Waals surface area (Å²) in [5, 5.41) is 0. The first-order chi connectivity index (χ1) is 14.5. The first-order valence-corrected chi connectivity index (χ1v) is 11.1. The van der Waals surface area contributed by atoms with Crippen LogP contribution in [-0.4, -0.2) is 41.5 Å². The van der Waals surface area contributed by atoms with Gasteiger partial charge in [0, 0.05) is 18.0 Å². The summed E-state index contributed by atoms with van der Waals surface area (Å²) >= 11 is 1.33. The number of hydrogen-bond acceptors (Lipinski definition) is 5. The van der Waals surface area contributed by atoms with E-state index >= 15 is 0 Å². The number of aryl methyl sites for hydroxylation is 1. The van der Waals surface area contributed by atoms with Crippen molar-refractivity contribution in [2.75, 3.05) is 12.8 Å². The molecule has 0 bridgehead atoms. The summed E-state index contributed by atoms with van der Waals surface area (Å²) in [6.07, 6.45) is 7.11. The Balaban J connectivity index is 1.57. The molecule has 1 aliphatic rings. The maximum atomic E-state index is 12.6. The fourth-order valence-electron chi connectivity index (χ4n) is 3.56. The van der Waals surface area contributed by atoms with Gasteiger partial charge in [-0.1, -0.05) is 31.4 Å². The van der Waals surface area contributed by atoms with E-state index in [1.165, 1.54) is 43.4 Å². The molecule has 2 N–H and O–H groups in total. The molecule has 1 fully saturated rings. The summed E-state index contributed by atoms with van der Waals surface area (Å²) in [6, 6.07) is 8.89. The van der Waals surface area contributed by atoms with Crippen LogP contribution >= 0.6 is 11.8 Å². The van der Waals surface area contributed by atoms with E-state index in [1.54, 1.807) is 25.1 Å². The maximum absolute atomic E-state index is 12.6. The molecular weight excluding hydrogens is 402 g/mol. The van der Waals surface area contributed by atoms with Crippen molar-refractivity contribution in [3.8, 4) is 0 Å². The van der Waals surface area contributed by atoms with Crippen LogP contribution < -0.4 is 10.9 Å². The van der Waals surface area contributed by atoms with E-state index in [-0.39, 0.29) is 11.7 Å². The fourth-order valence-corrected chi connectivity index (χ4v) is 4.54. The average Bonchev–Trinajstić information content (AvgIpc) is 3.21. The topological polar surface area (TPSA) is 91.6 Å². The molecule has 0 radical (unpaired) electrons. The van der Waals surface area contributed by atoms with Gasteiger partial charge in [-0.2, -0.15) is 0 Å². The van der Waals surface area contributed by atoms with Crippen LogP contribution in [0.15, 0.2) is 45.9 Å². The minimum Gasteiger partial charge on any atom is -0.469 e. The highest BCUT2D eigenvalue weighted by Crippen LogP contribution is 2.25. The van der Waals surface area contributed by atoms with Crippen LogP contribution in [0.5, 0.6) is 0 Å². The lowest BCUT2D eigenvalue weighted by atomic mass is 9.94. The molecule has 0 saturated heterocycles. The Hall–Kier alpha value is -2.74. The van der Waals surface area contributed by atoms with E-state index in [4.69, 9.17) is 4.42 Å². The van der Waals surface area contributed by atoms with Crippen LogP contribution in [0.1, 0.15) is 58.6 Å². The molecule has 0 atom stereocenters. The lowest BCUT2D eigenvalue weighted by Gasteiger charge is -2.31. The third-order valence-electron chi connectivity index (χ3n) is 5.39. The van der Waals surface area contributed by atoms with Gasteiger partial charge < -0.3 is 9.32 Å². The monoisotopic (exact) mass is 429 g/mol. The zero-order chi connectivity index (χ0) is 21.5. The molecule has 0 aliphatic heterocycles. The van der Waals surface area contributed by atoms with Crippen LogP contribution in [0.3, 0.4) is 0 Å². The minimum absolute atomic E-state index is 0.0610. The highest BCUT2D eigenvalue weighted by molar-refractivity contribution is 8.00. The Kier molecular flexibility index (Phi) is 7.57. The van der Waals surface area contributed by atoms with Crippen LogP contribution in [0.25, 0.3) is 0 Å². The van der Waals surface area contributed by atoms with Crippen LogP contribution in [-0.2, 0) is 4.79 Å². The number of hydrogen-bond donors (Lipinski definition) is 2. The summed E-state index contributed by atoms with van der Waals surface area (Å²) in [6.45, 7) is 1.67. The van der Waals surface area contributed by atoms with Crippen molar-refractivity contribution < 1.29 is 18.8 Å². The Bertz CT molecular complexity index is 905. The first-order valence-electron chi connectivity index (χ1n) is 10.1. The number of nitrogens with zero attached hydrogens (tertiary/aromatic N) is 1. The van der Waals surface area contributed by atoms with Gasteiger partial charge in [-0.05, 0) is 38.0 Å². The highest BCUT2D eigenvalue weighted by atomic mass is 32.2. The second kappa shape index (κ2) is 10.3. The van der Waals surface area contributed by atoms with Crippen LogP contribution in [0.4, 0.5) is 0 Å². The number of carbonyl (C=O) groups excluding carboxylic acids is 3. The zero-order valence-electron chi connectivity index (χ0n) is 17.3. The van der Waals surface area contributed by atoms with Crippen molar-refractivity contribution in [1.82, 2.24) is 15.8 Å². The number of benzene rings is 1. The van der Waals surface area contributed by atoms with E-state index in [9.17, 15) is 14.4 Å². The first kappa shape index (κ1) is 22.0. The third kappa shape index (κ3) is 5.44. The molecule has 0 unspecified atom stereocenters. The molecule has 3 rings (SSSR count). The standard InChI is InChI=1S/C22H27N3O4S/c1-15-17(12-13-29-15)21(27)23-24-22(28)18-10-6-7-11-19(18)30-14-20(26)25(2)16-8-4-3-5-9-16/h6-7,10-13,16H,3-5,8-9,14H2,1-2H3,(H,23,27)(H,24,28). The number of hydrazine groups is 1. The normalized spacial score (nSPS) is 14.2. The van der Waals surface area contributed by atoms with Crippen molar-refractivity contribution in [3.05, 3.63) is 53.5 Å². The van der Waals surface area contributed by atoms with Gasteiger partial charge in [0.15, 0.2) is 0 Å². The Labute approximate surface area is 180 Å². The van der Waals surface area contributed by atoms with Gasteiger partial charge in [0.05, 0.1) is 23.1 Å². The predicted octanol–water partition coefficient (Wildman–Crippen LogP) is 3.55. The lowest BCUT2D eigenvalue weighted by molar-refractivity contribution is -0.129. The average molecular weight is 430 g/mol. The maximum Gasteiger partial charge on any atom is 0.273 e. The SMILES string of the molecule is Cc1occc1C(=O)NNC(=O)c1ccccc1SCC(=O)N(C)C1CCCCC1. The van der Waals surface area contributed by atoms with Gasteiger partial charge in [-0.15, -0.1) is 11.8 Å². The molecular formula is C22H27N3O4S. The van der Waals surface area contributed by atoms with Crippen molar-refractivity contribution in [2.45, 2.75) is 50.0 Å². The van der Waals surface area contributed by atoms with E-state index < -0.39 is 11.8 Å². The summed E-state index contributed by atoms with van der Waals surface area (Å²) < 4.78 is 5.10. The molecule has 1 heterocycles. The van der Waals surface area contributed by atoms with E-state index in [2.05, 4.69) is 10.9 Å². The lowest BCUT2D eigenvalue weighted by Crippen LogP contribution is -2.42. The van der Waals surface area contributed by atoms with Crippen molar-refractivity contribution in [3.63, 3.8) is 0 Å². The Morgan fingerprint density at radius 1 is 1.03 bits per heavy atom. The quantitative estimate of drug-likeness (QED) is 0.541. The Morgan fingerprint density at radius 3 is 2.37 bits per heavy atom. The highest BCUT2D eigenvalue weighted by Gasteiger charge is 2.22. The van der Waals surface area contributed by atoms with Crippen LogP contribution in [0.2, 0.25) is 0 Å². The van der Waals surface area contributed by atoms with Crippen molar-refractivity contribution >= 4 is 29.5 Å². The van der Waals surface area contributed by atoms with E-state index in [1.807, 2.05) is 18.0 Å². The summed E-state index contributed by atoms with van der Waals surface area (Å²) in [7, 11) is 1.87.